The average Bonchev–Trinajstić information content (AvgIpc) is 2.88. The van der Waals surface area contributed by atoms with Crippen LogP contribution < -0.4 is 9.03 Å². The summed E-state index contributed by atoms with van der Waals surface area (Å²) in [6.45, 7) is 5.70. The van der Waals surface area contributed by atoms with E-state index in [1.165, 1.54) is 18.2 Å². The molecule has 1 N–H and O–H groups in total. The molecule has 0 aromatic heterocycles. The zero-order valence-electron chi connectivity index (χ0n) is 15.8. The quantitative estimate of drug-likeness (QED) is 0.798. The van der Waals surface area contributed by atoms with Gasteiger partial charge in [-0.2, -0.15) is 0 Å². The molecule has 2 aromatic rings. The third kappa shape index (κ3) is 3.90. The zero-order valence-corrected chi connectivity index (χ0v) is 17.5. The summed E-state index contributed by atoms with van der Waals surface area (Å²) in [6.07, 6.45) is -0.112. The number of nitrogens with zero attached hydrogens (tertiary/aromatic N) is 1. The van der Waals surface area contributed by atoms with E-state index in [9.17, 15) is 21.6 Å². The highest BCUT2D eigenvalue weighted by Gasteiger charge is 2.37. The molecule has 0 aliphatic carbocycles. The molecule has 3 rings (SSSR count). The molecule has 150 valence electrons. The first-order valence-corrected chi connectivity index (χ1v) is 11.9. The molecule has 0 radical (unpaired) electrons. The number of hydrogen-bond donors (Lipinski definition) is 1. The summed E-state index contributed by atoms with van der Waals surface area (Å²) in [7, 11) is -7.73. The third-order valence-electron chi connectivity index (χ3n) is 4.60. The number of rotatable bonds is 5. The maximum absolute atomic E-state index is 12.9. The Labute approximate surface area is 165 Å². The maximum Gasteiger partial charge on any atom is 0.262 e. The topological polar surface area (TPSA) is 101 Å². The van der Waals surface area contributed by atoms with Crippen LogP contribution in [0.25, 0.3) is 0 Å². The molecule has 1 saturated heterocycles. The number of amides is 1. The SMILES string of the molecule is Cc1ccc(N2C(=O)CCS2(=O)=O)cc1S(=O)(=O)Nc1ccc(C(C)C)cc1. The monoisotopic (exact) mass is 422 g/mol. The number of benzene rings is 2. The fourth-order valence-corrected chi connectivity index (χ4v) is 5.80. The molecule has 1 heterocycles. The molecule has 28 heavy (non-hydrogen) atoms. The normalized spacial score (nSPS) is 16.6. The highest BCUT2D eigenvalue weighted by atomic mass is 32.2. The predicted octanol–water partition coefficient (Wildman–Crippen LogP) is 2.99. The summed E-state index contributed by atoms with van der Waals surface area (Å²) in [5, 5.41) is 0. The van der Waals surface area contributed by atoms with Crippen LogP contribution in [0.3, 0.4) is 0 Å². The standard InChI is InChI=1S/C19H22N2O5S2/c1-13(2)15-5-7-16(8-6-15)20-28(25,26)18-12-17(9-4-14(18)3)21-19(22)10-11-27(21,23)24/h4-9,12-13,20H,10-11H2,1-3H3. The molecule has 1 fully saturated rings. The second-order valence-electron chi connectivity index (χ2n) is 7.06. The Kier molecular flexibility index (Phi) is 5.24. The van der Waals surface area contributed by atoms with Gasteiger partial charge in [0.2, 0.25) is 15.9 Å². The van der Waals surface area contributed by atoms with E-state index in [0.29, 0.717) is 21.5 Å². The average molecular weight is 423 g/mol. The number of anilines is 2. The molecule has 7 nitrogen and oxygen atoms in total. The lowest BCUT2D eigenvalue weighted by molar-refractivity contribution is -0.116. The lowest BCUT2D eigenvalue weighted by Crippen LogP contribution is -2.29. The molecular weight excluding hydrogens is 400 g/mol. The van der Waals surface area contributed by atoms with E-state index in [1.54, 1.807) is 19.1 Å². The molecule has 0 unspecified atom stereocenters. The largest absolute Gasteiger partial charge is 0.280 e. The molecule has 1 amide bonds. The van der Waals surface area contributed by atoms with Gasteiger partial charge in [0.25, 0.3) is 10.0 Å². The summed E-state index contributed by atoms with van der Waals surface area (Å²) < 4.78 is 53.2. The molecule has 2 aromatic carbocycles. The maximum atomic E-state index is 12.9. The Morgan fingerprint density at radius 1 is 1.07 bits per heavy atom. The van der Waals surface area contributed by atoms with Crippen LogP contribution in [0.5, 0.6) is 0 Å². The van der Waals surface area contributed by atoms with E-state index in [4.69, 9.17) is 0 Å². The second-order valence-corrected chi connectivity index (χ2v) is 10.6. The summed E-state index contributed by atoms with van der Waals surface area (Å²) in [4.78, 5) is 11.9. The second kappa shape index (κ2) is 7.21. The third-order valence-corrected chi connectivity index (χ3v) is 7.82. The Balaban J connectivity index is 1.97. The first kappa shape index (κ1) is 20.3. The van der Waals surface area contributed by atoms with Crippen LogP contribution in [0.15, 0.2) is 47.4 Å². The fourth-order valence-electron chi connectivity index (χ4n) is 3.02. The first-order valence-electron chi connectivity index (χ1n) is 8.80. The van der Waals surface area contributed by atoms with Gasteiger partial charge in [0.05, 0.1) is 16.3 Å². The summed E-state index contributed by atoms with van der Waals surface area (Å²) in [5.74, 6) is -0.517. The van der Waals surface area contributed by atoms with Gasteiger partial charge in [-0.05, 0) is 48.2 Å². The summed E-state index contributed by atoms with van der Waals surface area (Å²) in [5.41, 5.74) is 1.96. The van der Waals surface area contributed by atoms with Crippen molar-refractivity contribution in [3.8, 4) is 0 Å². The number of carbonyl (C=O) groups excluding carboxylic acids is 1. The Bertz CT molecular complexity index is 1120. The number of hydrogen-bond acceptors (Lipinski definition) is 5. The van der Waals surface area contributed by atoms with E-state index >= 15 is 0 Å². The van der Waals surface area contributed by atoms with E-state index in [1.807, 2.05) is 26.0 Å². The molecule has 0 saturated carbocycles. The van der Waals surface area contributed by atoms with Crippen molar-refractivity contribution in [3.63, 3.8) is 0 Å². The van der Waals surface area contributed by atoms with Gasteiger partial charge >= 0.3 is 0 Å². The van der Waals surface area contributed by atoms with Crippen LogP contribution in [0.2, 0.25) is 0 Å². The molecular formula is C19H22N2O5S2. The van der Waals surface area contributed by atoms with Gasteiger partial charge in [0.15, 0.2) is 0 Å². The van der Waals surface area contributed by atoms with Crippen molar-refractivity contribution in [1.82, 2.24) is 0 Å². The van der Waals surface area contributed by atoms with Gasteiger partial charge < -0.3 is 0 Å². The number of carbonyl (C=O) groups is 1. The molecule has 0 atom stereocenters. The van der Waals surface area contributed by atoms with Crippen LogP contribution in [-0.2, 0) is 24.8 Å². The smallest absolute Gasteiger partial charge is 0.262 e. The first-order chi connectivity index (χ1) is 13.0. The highest BCUT2D eigenvalue weighted by molar-refractivity contribution is 7.94. The Morgan fingerprint density at radius 3 is 2.25 bits per heavy atom. The van der Waals surface area contributed by atoms with Gasteiger partial charge in [-0.1, -0.05) is 32.0 Å². The molecule has 0 spiro atoms. The fraction of sp³-hybridized carbons (Fsp3) is 0.316. The van der Waals surface area contributed by atoms with Crippen molar-refractivity contribution >= 4 is 37.3 Å². The summed E-state index contributed by atoms with van der Waals surface area (Å²) >= 11 is 0. The van der Waals surface area contributed by atoms with Crippen molar-refractivity contribution in [2.24, 2.45) is 0 Å². The van der Waals surface area contributed by atoms with Gasteiger partial charge in [0.1, 0.15) is 0 Å². The van der Waals surface area contributed by atoms with Crippen LogP contribution in [-0.4, -0.2) is 28.5 Å². The number of aryl methyl sites for hydroxylation is 1. The molecule has 9 heteroatoms. The van der Waals surface area contributed by atoms with Gasteiger partial charge in [-0.15, -0.1) is 0 Å². The minimum absolute atomic E-state index is 0.0311. The summed E-state index contributed by atoms with van der Waals surface area (Å²) in [6, 6.07) is 11.2. The van der Waals surface area contributed by atoms with Crippen molar-refractivity contribution in [1.29, 1.82) is 0 Å². The Hall–Kier alpha value is -2.39. The van der Waals surface area contributed by atoms with E-state index < -0.39 is 26.0 Å². The van der Waals surface area contributed by atoms with E-state index in [-0.39, 0.29) is 22.8 Å². The number of nitrogens with one attached hydrogen (secondary N) is 1. The van der Waals surface area contributed by atoms with Crippen LogP contribution >= 0.6 is 0 Å². The highest BCUT2D eigenvalue weighted by Crippen LogP contribution is 2.30. The predicted molar refractivity (Wildman–Crippen MR) is 108 cm³/mol. The molecule has 0 bridgehead atoms. The van der Waals surface area contributed by atoms with Crippen LogP contribution in [0, 0.1) is 6.92 Å². The van der Waals surface area contributed by atoms with E-state index in [2.05, 4.69) is 4.72 Å². The van der Waals surface area contributed by atoms with Crippen molar-refractivity contribution in [3.05, 3.63) is 53.6 Å². The van der Waals surface area contributed by atoms with Crippen molar-refractivity contribution in [2.45, 2.75) is 38.0 Å². The van der Waals surface area contributed by atoms with Crippen LogP contribution in [0.4, 0.5) is 11.4 Å². The van der Waals surface area contributed by atoms with E-state index in [0.717, 1.165) is 5.56 Å². The molecule has 1 aliphatic rings. The zero-order chi connectivity index (χ0) is 20.7. The van der Waals surface area contributed by atoms with Crippen molar-refractivity contribution < 1.29 is 21.6 Å². The minimum atomic E-state index is -3.97. The molecule has 1 aliphatic heterocycles. The van der Waals surface area contributed by atoms with Crippen molar-refractivity contribution in [2.75, 3.05) is 14.8 Å². The van der Waals surface area contributed by atoms with Gasteiger partial charge in [0, 0.05) is 12.1 Å². The number of sulfonamides is 2. The Morgan fingerprint density at radius 2 is 1.71 bits per heavy atom. The lowest BCUT2D eigenvalue weighted by atomic mass is 10.0. The lowest BCUT2D eigenvalue weighted by Gasteiger charge is -2.18. The minimum Gasteiger partial charge on any atom is -0.280 e. The van der Waals surface area contributed by atoms with Gasteiger partial charge in [-0.25, -0.2) is 21.1 Å². The van der Waals surface area contributed by atoms with Gasteiger partial charge in [-0.3, -0.25) is 9.52 Å². The van der Waals surface area contributed by atoms with Crippen LogP contribution in [0.1, 0.15) is 37.3 Å².